The zero-order chi connectivity index (χ0) is 7.98. The molecule has 0 heterocycles. The number of carboxylic acid groups (broad SMARTS) is 1. The van der Waals surface area contributed by atoms with Crippen LogP contribution in [0.1, 0.15) is 19.8 Å². The van der Waals surface area contributed by atoms with Crippen molar-refractivity contribution in [2.45, 2.75) is 25.9 Å². The predicted molar refractivity (Wildman–Crippen MR) is 37.7 cm³/mol. The summed E-state index contributed by atoms with van der Waals surface area (Å²) in [5.41, 5.74) is 0. The van der Waals surface area contributed by atoms with E-state index in [-0.39, 0.29) is 6.10 Å². The fourth-order valence-electron chi connectivity index (χ4n) is 0.522. The van der Waals surface area contributed by atoms with Crippen molar-refractivity contribution in [1.29, 1.82) is 0 Å². The first kappa shape index (κ1) is 9.17. The maximum absolute atomic E-state index is 9.89. The fraction of sp³-hybridized carbons (Fsp3) is 0.571. The number of hydrogen-bond acceptors (Lipinski definition) is 2. The molecule has 0 aliphatic heterocycles. The van der Waals surface area contributed by atoms with Crippen LogP contribution in [-0.4, -0.2) is 22.3 Å². The number of aliphatic hydroxyl groups is 1. The summed E-state index contributed by atoms with van der Waals surface area (Å²) in [4.78, 5) is 9.89. The Balaban J connectivity index is 3.27. The summed E-state index contributed by atoms with van der Waals surface area (Å²) in [6.07, 6.45) is 3.50. The van der Waals surface area contributed by atoms with Gasteiger partial charge in [-0.2, -0.15) is 0 Å². The molecule has 0 aromatic rings. The van der Waals surface area contributed by atoms with Gasteiger partial charge in [0.1, 0.15) is 0 Å². The van der Waals surface area contributed by atoms with Crippen molar-refractivity contribution in [1.82, 2.24) is 0 Å². The molecule has 0 rings (SSSR count). The molecule has 1 atom stereocenters. The normalized spacial score (nSPS) is 13.8. The van der Waals surface area contributed by atoms with E-state index in [1.807, 2.05) is 0 Å². The van der Waals surface area contributed by atoms with Gasteiger partial charge in [0.05, 0.1) is 6.10 Å². The van der Waals surface area contributed by atoms with Crippen LogP contribution in [0, 0.1) is 0 Å². The predicted octanol–water partition coefficient (Wildman–Crippen LogP) is 0.788. The van der Waals surface area contributed by atoms with E-state index in [0.29, 0.717) is 12.8 Å². The molecule has 58 valence electrons. The second kappa shape index (κ2) is 4.99. The van der Waals surface area contributed by atoms with Gasteiger partial charge in [-0.05, 0) is 19.8 Å². The van der Waals surface area contributed by atoms with Crippen LogP contribution < -0.4 is 0 Å². The first-order valence-electron chi connectivity index (χ1n) is 3.20. The first-order chi connectivity index (χ1) is 4.63. The third-order valence-corrected chi connectivity index (χ3v) is 1.01. The summed E-state index contributed by atoms with van der Waals surface area (Å²) in [6.45, 7) is 1.68. The van der Waals surface area contributed by atoms with Crippen molar-refractivity contribution >= 4 is 5.97 Å². The molecule has 0 bridgehead atoms. The Morgan fingerprint density at radius 1 is 1.70 bits per heavy atom. The van der Waals surface area contributed by atoms with Gasteiger partial charge in [0, 0.05) is 6.08 Å². The quantitative estimate of drug-likeness (QED) is 0.573. The van der Waals surface area contributed by atoms with Crippen molar-refractivity contribution in [3.63, 3.8) is 0 Å². The molecule has 3 nitrogen and oxygen atoms in total. The average Bonchev–Trinajstić information content (AvgIpc) is 1.79. The molecule has 0 spiro atoms. The number of carbonyl (C=O) groups is 1. The van der Waals surface area contributed by atoms with E-state index >= 15 is 0 Å². The molecule has 0 aromatic carbocycles. The summed E-state index contributed by atoms with van der Waals surface area (Å²) in [5, 5.41) is 16.9. The van der Waals surface area contributed by atoms with Gasteiger partial charge in [-0.15, -0.1) is 0 Å². The molecule has 0 aromatic heterocycles. The van der Waals surface area contributed by atoms with Crippen LogP contribution in [0.25, 0.3) is 0 Å². The van der Waals surface area contributed by atoms with E-state index in [1.165, 1.54) is 6.08 Å². The van der Waals surface area contributed by atoms with E-state index in [2.05, 4.69) is 0 Å². The zero-order valence-electron chi connectivity index (χ0n) is 5.95. The van der Waals surface area contributed by atoms with Gasteiger partial charge < -0.3 is 10.2 Å². The maximum Gasteiger partial charge on any atom is 0.327 e. The second-order valence-electron chi connectivity index (χ2n) is 2.17. The lowest BCUT2D eigenvalue weighted by atomic mass is 10.2. The molecular weight excluding hydrogens is 132 g/mol. The van der Waals surface area contributed by atoms with Crippen LogP contribution >= 0.6 is 0 Å². The Hall–Kier alpha value is -0.830. The molecule has 2 N–H and O–H groups in total. The van der Waals surface area contributed by atoms with Crippen LogP contribution in [0.2, 0.25) is 0 Å². The van der Waals surface area contributed by atoms with Gasteiger partial charge in [-0.1, -0.05) is 6.08 Å². The number of rotatable bonds is 4. The summed E-state index contributed by atoms with van der Waals surface area (Å²) in [5.74, 6) is -0.939. The highest BCUT2D eigenvalue weighted by atomic mass is 16.4. The van der Waals surface area contributed by atoms with Crippen molar-refractivity contribution in [2.24, 2.45) is 0 Å². The molecule has 0 aliphatic rings. The molecular formula is C7H12O3. The van der Waals surface area contributed by atoms with Crippen molar-refractivity contribution < 1.29 is 15.0 Å². The average molecular weight is 144 g/mol. The number of allylic oxidation sites excluding steroid dienone is 1. The Bertz CT molecular complexity index is 127. The first-order valence-corrected chi connectivity index (χ1v) is 3.20. The number of carboxylic acids is 1. The highest BCUT2D eigenvalue weighted by Gasteiger charge is 1.91. The van der Waals surface area contributed by atoms with Crippen LogP contribution in [0.5, 0.6) is 0 Å². The number of hydrogen-bond donors (Lipinski definition) is 2. The lowest BCUT2D eigenvalue weighted by Crippen LogP contribution is -1.97. The van der Waals surface area contributed by atoms with Gasteiger partial charge in [0.25, 0.3) is 0 Å². The van der Waals surface area contributed by atoms with Crippen molar-refractivity contribution in [3.05, 3.63) is 12.2 Å². The molecule has 0 unspecified atom stereocenters. The maximum atomic E-state index is 9.89. The number of aliphatic carboxylic acids is 1. The molecule has 10 heavy (non-hydrogen) atoms. The molecule has 0 aliphatic carbocycles. The van der Waals surface area contributed by atoms with Crippen LogP contribution in [-0.2, 0) is 4.79 Å². The van der Waals surface area contributed by atoms with Gasteiger partial charge in [0.15, 0.2) is 0 Å². The van der Waals surface area contributed by atoms with Crippen molar-refractivity contribution in [2.75, 3.05) is 0 Å². The topological polar surface area (TPSA) is 57.5 Å². The second-order valence-corrected chi connectivity index (χ2v) is 2.17. The zero-order valence-corrected chi connectivity index (χ0v) is 5.95. The highest BCUT2D eigenvalue weighted by Crippen LogP contribution is 1.95. The molecule has 0 saturated carbocycles. The van der Waals surface area contributed by atoms with Gasteiger partial charge in [-0.3, -0.25) is 0 Å². The molecule has 0 saturated heterocycles. The Morgan fingerprint density at radius 2 is 2.30 bits per heavy atom. The summed E-state index contributed by atoms with van der Waals surface area (Å²) in [7, 11) is 0. The van der Waals surface area contributed by atoms with E-state index < -0.39 is 5.97 Å². The Labute approximate surface area is 60.0 Å². The lowest BCUT2D eigenvalue weighted by Gasteiger charge is -1.97. The molecule has 0 amide bonds. The standard InChI is InChI=1S/C7H12O3/c1-6(8)4-2-3-5-7(9)10/h3,5-6,8H,2,4H2,1H3,(H,9,10)/t6-/m1/s1. The van der Waals surface area contributed by atoms with Crippen LogP contribution in [0.3, 0.4) is 0 Å². The minimum atomic E-state index is -0.939. The van der Waals surface area contributed by atoms with E-state index in [9.17, 15) is 4.79 Å². The molecule has 0 radical (unpaired) electrons. The van der Waals surface area contributed by atoms with Gasteiger partial charge in [-0.25, -0.2) is 4.79 Å². The third-order valence-electron chi connectivity index (χ3n) is 1.01. The van der Waals surface area contributed by atoms with E-state index in [4.69, 9.17) is 10.2 Å². The largest absolute Gasteiger partial charge is 0.478 e. The summed E-state index contributed by atoms with van der Waals surface area (Å²) < 4.78 is 0. The monoisotopic (exact) mass is 144 g/mol. The van der Waals surface area contributed by atoms with E-state index in [1.54, 1.807) is 6.92 Å². The van der Waals surface area contributed by atoms with Crippen LogP contribution in [0.4, 0.5) is 0 Å². The number of aliphatic hydroxyl groups excluding tert-OH is 1. The fourth-order valence-corrected chi connectivity index (χ4v) is 0.522. The minimum Gasteiger partial charge on any atom is -0.478 e. The SMILES string of the molecule is C[C@@H](O)CCC=CC(=O)O. The Morgan fingerprint density at radius 3 is 2.70 bits per heavy atom. The minimum absolute atomic E-state index is 0.349. The molecule has 3 heteroatoms. The smallest absolute Gasteiger partial charge is 0.327 e. The summed E-state index contributed by atoms with van der Waals surface area (Å²) >= 11 is 0. The van der Waals surface area contributed by atoms with Gasteiger partial charge in [0.2, 0.25) is 0 Å². The molecule has 0 fully saturated rings. The van der Waals surface area contributed by atoms with E-state index in [0.717, 1.165) is 6.08 Å². The lowest BCUT2D eigenvalue weighted by molar-refractivity contribution is -0.131. The van der Waals surface area contributed by atoms with Crippen molar-refractivity contribution in [3.8, 4) is 0 Å². The third kappa shape index (κ3) is 7.17. The van der Waals surface area contributed by atoms with Gasteiger partial charge >= 0.3 is 5.97 Å². The summed E-state index contributed by atoms with van der Waals surface area (Å²) in [6, 6.07) is 0. The Kier molecular flexibility index (Phi) is 4.58. The highest BCUT2D eigenvalue weighted by molar-refractivity contribution is 5.79. The van der Waals surface area contributed by atoms with Crippen LogP contribution in [0.15, 0.2) is 12.2 Å².